The van der Waals surface area contributed by atoms with Gasteiger partial charge in [0.15, 0.2) is 5.78 Å². The summed E-state index contributed by atoms with van der Waals surface area (Å²) in [6.07, 6.45) is 7.47. The van der Waals surface area contributed by atoms with Gasteiger partial charge in [0, 0.05) is 56.0 Å². The number of piperazine rings is 1. The first-order valence-corrected chi connectivity index (χ1v) is 9.95. The highest BCUT2D eigenvalue weighted by Gasteiger charge is 2.27. The first-order chi connectivity index (χ1) is 13.3. The fourth-order valence-electron chi connectivity index (χ4n) is 3.97. The van der Waals surface area contributed by atoms with Crippen molar-refractivity contribution in [3.05, 3.63) is 53.1 Å². The lowest BCUT2D eigenvalue weighted by atomic mass is 10.0. The Morgan fingerprint density at radius 1 is 1.07 bits per heavy atom. The number of Topliss-reactive ketones (excluding diaryl/α,β-unsaturated/α-hetero) is 1. The number of nitrogens with one attached hydrogen (secondary N) is 1. The molecule has 1 aromatic carbocycles. The number of fused-ring (bicyclic) bond motifs is 1. The minimum absolute atomic E-state index is 0.176. The number of aromatic nitrogens is 2. The number of hydrogen-bond acceptors (Lipinski definition) is 5. The Morgan fingerprint density at radius 3 is 2.74 bits per heavy atom. The van der Waals surface area contributed by atoms with Crippen LogP contribution in [0.1, 0.15) is 47.8 Å². The SMILES string of the molecule is O=C1CCc2cc(N3CCNCC3)ccc2C=C1c1ccnc(C2CC2)n1. The highest BCUT2D eigenvalue weighted by atomic mass is 16.1. The predicted molar refractivity (Wildman–Crippen MR) is 107 cm³/mol. The number of nitrogens with zero attached hydrogens (tertiary/aromatic N) is 3. The number of carbonyl (C=O) groups is 1. The molecule has 5 nitrogen and oxygen atoms in total. The van der Waals surface area contributed by atoms with E-state index in [2.05, 4.69) is 33.4 Å². The van der Waals surface area contributed by atoms with Crippen LogP contribution in [0.15, 0.2) is 30.5 Å². The van der Waals surface area contributed by atoms with E-state index in [-0.39, 0.29) is 5.78 Å². The van der Waals surface area contributed by atoms with Crippen molar-refractivity contribution in [3.63, 3.8) is 0 Å². The maximum Gasteiger partial charge on any atom is 0.165 e. The topological polar surface area (TPSA) is 58.1 Å². The quantitative estimate of drug-likeness (QED) is 0.912. The van der Waals surface area contributed by atoms with Crippen LogP contribution in [0.4, 0.5) is 5.69 Å². The summed E-state index contributed by atoms with van der Waals surface area (Å²) in [5, 5.41) is 3.40. The third kappa shape index (κ3) is 3.39. The molecule has 1 aromatic heterocycles. The second-order valence-electron chi connectivity index (χ2n) is 7.68. The molecule has 1 saturated heterocycles. The first kappa shape index (κ1) is 16.6. The molecule has 0 spiro atoms. The van der Waals surface area contributed by atoms with Crippen LogP contribution in [0.25, 0.3) is 11.6 Å². The maximum atomic E-state index is 12.8. The minimum atomic E-state index is 0.176. The van der Waals surface area contributed by atoms with Gasteiger partial charge in [-0.25, -0.2) is 9.97 Å². The van der Waals surface area contributed by atoms with Gasteiger partial charge in [-0.2, -0.15) is 0 Å². The van der Waals surface area contributed by atoms with Crippen molar-refractivity contribution in [2.45, 2.75) is 31.6 Å². The molecular weight excluding hydrogens is 336 g/mol. The Labute approximate surface area is 159 Å². The van der Waals surface area contributed by atoms with Crippen LogP contribution in [-0.4, -0.2) is 41.9 Å². The van der Waals surface area contributed by atoms with E-state index in [0.29, 0.717) is 12.3 Å². The van der Waals surface area contributed by atoms with Gasteiger partial charge in [0.1, 0.15) is 5.82 Å². The van der Waals surface area contributed by atoms with Gasteiger partial charge in [-0.15, -0.1) is 0 Å². The lowest BCUT2D eigenvalue weighted by Gasteiger charge is -2.30. The molecule has 1 aliphatic heterocycles. The summed E-state index contributed by atoms with van der Waals surface area (Å²) in [6, 6.07) is 8.48. The Morgan fingerprint density at radius 2 is 1.93 bits per heavy atom. The summed E-state index contributed by atoms with van der Waals surface area (Å²) in [7, 11) is 0. The zero-order valence-corrected chi connectivity index (χ0v) is 15.4. The van der Waals surface area contributed by atoms with Crippen LogP contribution in [0.5, 0.6) is 0 Å². The van der Waals surface area contributed by atoms with E-state index in [0.717, 1.165) is 68.1 Å². The summed E-state index contributed by atoms with van der Waals surface area (Å²) in [6.45, 7) is 4.11. The molecule has 3 aliphatic rings. The Bertz CT molecular complexity index is 910. The van der Waals surface area contributed by atoms with Gasteiger partial charge < -0.3 is 10.2 Å². The van der Waals surface area contributed by atoms with Crippen LogP contribution in [-0.2, 0) is 11.2 Å². The maximum absolute atomic E-state index is 12.8. The van der Waals surface area contributed by atoms with Crippen LogP contribution < -0.4 is 10.2 Å². The number of hydrogen-bond donors (Lipinski definition) is 1. The summed E-state index contributed by atoms with van der Waals surface area (Å²) >= 11 is 0. The lowest BCUT2D eigenvalue weighted by Crippen LogP contribution is -2.43. The summed E-state index contributed by atoms with van der Waals surface area (Å²) in [5.74, 6) is 1.55. The van der Waals surface area contributed by atoms with Crippen molar-refractivity contribution in [3.8, 4) is 0 Å². The molecule has 1 N–H and O–H groups in total. The monoisotopic (exact) mass is 360 g/mol. The number of aryl methyl sites for hydroxylation is 1. The lowest BCUT2D eigenvalue weighted by molar-refractivity contribution is -0.113. The molecule has 0 radical (unpaired) electrons. The van der Waals surface area contributed by atoms with Gasteiger partial charge in [-0.1, -0.05) is 6.07 Å². The summed E-state index contributed by atoms with van der Waals surface area (Å²) in [4.78, 5) is 24.3. The van der Waals surface area contributed by atoms with Crippen LogP contribution in [0.3, 0.4) is 0 Å². The Balaban J connectivity index is 1.49. The van der Waals surface area contributed by atoms with Crippen molar-refractivity contribution in [1.82, 2.24) is 15.3 Å². The first-order valence-electron chi connectivity index (χ1n) is 9.95. The van der Waals surface area contributed by atoms with E-state index >= 15 is 0 Å². The van der Waals surface area contributed by atoms with Crippen molar-refractivity contribution in [1.29, 1.82) is 0 Å². The van der Waals surface area contributed by atoms with E-state index in [9.17, 15) is 4.79 Å². The predicted octanol–water partition coefficient (Wildman–Crippen LogP) is 2.82. The third-order valence-corrected chi connectivity index (χ3v) is 5.72. The van der Waals surface area contributed by atoms with Crippen molar-refractivity contribution in [2.24, 2.45) is 0 Å². The summed E-state index contributed by atoms with van der Waals surface area (Å²) < 4.78 is 0. The average molecular weight is 360 g/mol. The minimum Gasteiger partial charge on any atom is -0.369 e. The van der Waals surface area contributed by atoms with E-state index < -0.39 is 0 Å². The molecule has 138 valence electrons. The second kappa shape index (κ2) is 6.89. The molecule has 0 unspecified atom stereocenters. The standard InChI is InChI=1S/C22H24N4O/c27-21-6-4-16-13-18(26-11-9-23-10-12-26)5-3-17(16)14-19(21)20-7-8-24-22(25-20)15-1-2-15/h3,5,7-8,13-15,23H,1-2,4,6,9-12H2. The van der Waals surface area contributed by atoms with Crippen LogP contribution in [0.2, 0.25) is 0 Å². The molecular formula is C22H24N4O. The largest absolute Gasteiger partial charge is 0.369 e. The zero-order valence-electron chi connectivity index (χ0n) is 15.4. The van der Waals surface area contributed by atoms with E-state index in [1.807, 2.05) is 12.1 Å². The number of rotatable bonds is 3. The molecule has 5 heteroatoms. The molecule has 0 amide bonds. The molecule has 0 atom stereocenters. The third-order valence-electron chi connectivity index (χ3n) is 5.72. The molecule has 2 aromatic rings. The van der Waals surface area contributed by atoms with E-state index in [1.165, 1.54) is 11.3 Å². The molecule has 0 bridgehead atoms. The molecule has 1 saturated carbocycles. The zero-order chi connectivity index (χ0) is 18.2. The smallest absolute Gasteiger partial charge is 0.165 e. The molecule has 5 rings (SSSR count). The fourth-order valence-corrected chi connectivity index (χ4v) is 3.97. The van der Waals surface area contributed by atoms with Crippen LogP contribution in [0, 0.1) is 0 Å². The molecule has 2 fully saturated rings. The van der Waals surface area contributed by atoms with E-state index in [4.69, 9.17) is 4.98 Å². The van der Waals surface area contributed by atoms with Gasteiger partial charge in [0.05, 0.1) is 5.69 Å². The highest BCUT2D eigenvalue weighted by molar-refractivity contribution is 6.25. The second-order valence-corrected chi connectivity index (χ2v) is 7.68. The van der Waals surface area contributed by atoms with Gasteiger partial charge in [-0.05, 0) is 54.7 Å². The van der Waals surface area contributed by atoms with Crippen molar-refractivity contribution < 1.29 is 4.79 Å². The van der Waals surface area contributed by atoms with Gasteiger partial charge in [-0.3, -0.25) is 4.79 Å². The molecule has 2 aliphatic carbocycles. The van der Waals surface area contributed by atoms with Crippen molar-refractivity contribution >= 4 is 23.1 Å². The molecule has 27 heavy (non-hydrogen) atoms. The Kier molecular flexibility index (Phi) is 4.24. The normalized spacial score (nSPS) is 20.1. The van der Waals surface area contributed by atoms with E-state index in [1.54, 1.807) is 6.20 Å². The van der Waals surface area contributed by atoms with Crippen LogP contribution >= 0.6 is 0 Å². The van der Waals surface area contributed by atoms with Gasteiger partial charge in [0.25, 0.3) is 0 Å². The Hall–Kier alpha value is -2.53. The number of anilines is 1. The number of allylic oxidation sites excluding steroid dienone is 1. The average Bonchev–Trinajstić information content (AvgIpc) is 3.57. The van der Waals surface area contributed by atoms with Gasteiger partial charge in [0.2, 0.25) is 0 Å². The van der Waals surface area contributed by atoms with Crippen molar-refractivity contribution in [2.75, 3.05) is 31.1 Å². The fraction of sp³-hybridized carbons (Fsp3) is 0.409. The highest BCUT2D eigenvalue weighted by Crippen LogP contribution is 2.38. The number of carbonyl (C=O) groups excluding carboxylic acids is 1. The molecule has 2 heterocycles. The number of benzene rings is 1. The van der Waals surface area contributed by atoms with Gasteiger partial charge >= 0.3 is 0 Å². The summed E-state index contributed by atoms with van der Waals surface area (Å²) in [5.41, 5.74) is 5.16. The number of ketones is 1.